The number of anilines is 1. The maximum Gasteiger partial charge on any atom is 0.107 e. The normalized spacial score (nSPS) is 10.6. The van der Waals surface area contributed by atoms with Crippen LogP contribution in [0.2, 0.25) is 0 Å². The lowest BCUT2D eigenvalue weighted by molar-refractivity contribution is 0.448. The molecular formula is C12H12BrFN2. The molecule has 0 radical (unpaired) electrons. The number of hydrogen-bond acceptors (Lipinski definition) is 1. The molecule has 4 heteroatoms. The molecule has 0 fully saturated rings. The van der Waals surface area contributed by atoms with Gasteiger partial charge in [-0.1, -0.05) is 28.1 Å². The van der Waals surface area contributed by atoms with Crippen molar-refractivity contribution in [3.05, 3.63) is 41.0 Å². The number of benzene rings is 1. The van der Waals surface area contributed by atoms with Crippen molar-refractivity contribution in [2.75, 3.05) is 12.4 Å². The number of hydrogen-bond donors (Lipinski definition) is 1. The number of rotatable bonds is 3. The highest BCUT2D eigenvalue weighted by Gasteiger charge is 2.04. The van der Waals surface area contributed by atoms with Gasteiger partial charge in [-0.05, 0) is 23.8 Å². The number of nitrogens with two attached hydrogens (primary N) is 1. The van der Waals surface area contributed by atoms with Crippen LogP contribution in [-0.4, -0.2) is 11.2 Å². The summed E-state index contributed by atoms with van der Waals surface area (Å²) >= 11 is 3.38. The molecule has 1 heterocycles. The lowest BCUT2D eigenvalue weighted by Gasteiger charge is -2.00. The molecule has 0 spiro atoms. The van der Waals surface area contributed by atoms with Gasteiger partial charge in [0.1, 0.15) is 12.5 Å². The molecule has 2 aromatic rings. The Morgan fingerprint density at radius 2 is 1.88 bits per heavy atom. The maximum absolute atomic E-state index is 12.2. The second-order valence-corrected chi connectivity index (χ2v) is 4.46. The summed E-state index contributed by atoms with van der Waals surface area (Å²) in [4.78, 5) is 0. The molecule has 0 aliphatic heterocycles. The summed E-state index contributed by atoms with van der Waals surface area (Å²) in [5.74, 6) is 0.593. The smallest absolute Gasteiger partial charge is 0.107 e. The van der Waals surface area contributed by atoms with E-state index in [0.717, 1.165) is 15.6 Å². The molecule has 84 valence electrons. The zero-order valence-corrected chi connectivity index (χ0v) is 10.2. The monoisotopic (exact) mass is 282 g/mol. The lowest BCUT2D eigenvalue weighted by atomic mass is 10.1. The SMILES string of the molecule is Nc1cc(-c2ccc(Br)cc2)cn1CCF. The Hall–Kier alpha value is -1.29. The van der Waals surface area contributed by atoms with Crippen LogP contribution >= 0.6 is 15.9 Å². The molecule has 0 saturated carbocycles. The quantitative estimate of drug-likeness (QED) is 0.918. The van der Waals surface area contributed by atoms with Gasteiger partial charge in [-0.25, -0.2) is 4.39 Å². The van der Waals surface area contributed by atoms with Crippen LogP contribution in [0.15, 0.2) is 41.0 Å². The average molecular weight is 283 g/mol. The van der Waals surface area contributed by atoms with Gasteiger partial charge >= 0.3 is 0 Å². The van der Waals surface area contributed by atoms with Crippen LogP contribution in [0.3, 0.4) is 0 Å². The van der Waals surface area contributed by atoms with Crippen molar-refractivity contribution in [1.82, 2.24) is 4.57 Å². The van der Waals surface area contributed by atoms with Gasteiger partial charge in [-0.15, -0.1) is 0 Å². The highest BCUT2D eigenvalue weighted by molar-refractivity contribution is 9.10. The first-order valence-corrected chi connectivity index (χ1v) is 5.77. The van der Waals surface area contributed by atoms with Gasteiger partial charge in [0, 0.05) is 16.2 Å². The van der Waals surface area contributed by atoms with Crippen LogP contribution in [0.1, 0.15) is 0 Å². The third kappa shape index (κ3) is 2.27. The third-order valence-electron chi connectivity index (χ3n) is 2.43. The highest BCUT2D eigenvalue weighted by Crippen LogP contribution is 2.25. The van der Waals surface area contributed by atoms with Crippen LogP contribution in [0.5, 0.6) is 0 Å². The fourth-order valence-corrected chi connectivity index (χ4v) is 1.87. The molecule has 1 aromatic carbocycles. The fraction of sp³-hybridized carbons (Fsp3) is 0.167. The van der Waals surface area contributed by atoms with Crippen LogP contribution in [-0.2, 0) is 6.54 Å². The molecule has 0 unspecified atom stereocenters. The number of aromatic nitrogens is 1. The van der Waals surface area contributed by atoms with Gasteiger partial charge in [0.25, 0.3) is 0 Å². The van der Waals surface area contributed by atoms with E-state index in [1.165, 1.54) is 0 Å². The molecule has 0 amide bonds. The number of nitrogens with zero attached hydrogens (tertiary/aromatic N) is 1. The summed E-state index contributed by atoms with van der Waals surface area (Å²) in [6.45, 7) is -0.0962. The Kier molecular flexibility index (Phi) is 3.29. The number of nitrogen functional groups attached to an aromatic ring is 1. The molecule has 0 saturated heterocycles. The molecule has 0 bridgehead atoms. The summed E-state index contributed by atoms with van der Waals surface area (Å²) < 4.78 is 15.0. The third-order valence-corrected chi connectivity index (χ3v) is 2.96. The van der Waals surface area contributed by atoms with Crippen molar-refractivity contribution >= 4 is 21.7 Å². The molecule has 0 aliphatic carbocycles. The number of alkyl halides is 1. The summed E-state index contributed by atoms with van der Waals surface area (Å²) in [6.07, 6.45) is 1.87. The molecule has 2 rings (SSSR count). The van der Waals surface area contributed by atoms with E-state index >= 15 is 0 Å². The predicted molar refractivity (Wildman–Crippen MR) is 68.0 cm³/mol. The Labute approximate surface area is 102 Å². The molecule has 2 nitrogen and oxygen atoms in total. The summed E-state index contributed by atoms with van der Waals surface area (Å²) in [6, 6.07) is 9.80. The second-order valence-electron chi connectivity index (χ2n) is 3.54. The molecule has 0 aliphatic rings. The van der Waals surface area contributed by atoms with Crippen LogP contribution < -0.4 is 5.73 Å². The van der Waals surface area contributed by atoms with Gasteiger partial charge in [0.2, 0.25) is 0 Å². The largest absolute Gasteiger partial charge is 0.385 e. The Bertz CT molecular complexity index is 476. The minimum Gasteiger partial charge on any atom is -0.385 e. The van der Waals surface area contributed by atoms with Crippen LogP contribution in [0, 0.1) is 0 Å². The van der Waals surface area contributed by atoms with E-state index in [1.807, 2.05) is 36.5 Å². The van der Waals surface area contributed by atoms with Gasteiger partial charge in [-0.3, -0.25) is 0 Å². The van der Waals surface area contributed by atoms with Gasteiger partial charge in [0.15, 0.2) is 0 Å². The van der Waals surface area contributed by atoms with Crippen molar-refractivity contribution in [2.45, 2.75) is 6.54 Å². The summed E-state index contributed by atoms with van der Waals surface area (Å²) in [5, 5.41) is 0. The van der Waals surface area contributed by atoms with Gasteiger partial charge < -0.3 is 10.3 Å². The zero-order chi connectivity index (χ0) is 11.5. The molecule has 2 N–H and O–H groups in total. The van der Waals surface area contributed by atoms with Crippen molar-refractivity contribution < 1.29 is 4.39 Å². The first kappa shape index (κ1) is 11.2. The maximum atomic E-state index is 12.2. The van der Waals surface area contributed by atoms with Crippen LogP contribution in [0.4, 0.5) is 10.2 Å². The van der Waals surface area contributed by atoms with E-state index in [9.17, 15) is 4.39 Å². The topological polar surface area (TPSA) is 30.9 Å². The lowest BCUT2D eigenvalue weighted by Crippen LogP contribution is -2.01. The van der Waals surface area contributed by atoms with E-state index in [1.54, 1.807) is 4.57 Å². The first-order chi connectivity index (χ1) is 7.70. The fourth-order valence-electron chi connectivity index (χ4n) is 1.61. The van der Waals surface area contributed by atoms with Crippen molar-refractivity contribution in [3.63, 3.8) is 0 Å². The van der Waals surface area contributed by atoms with Crippen molar-refractivity contribution in [3.8, 4) is 11.1 Å². The van der Waals surface area contributed by atoms with Crippen molar-refractivity contribution in [2.24, 2.45) is 0 Å². The molecule has 1 aromatic heterocycles. The highest BCUT2D eigenvalue weighted by atomic mass is 79.9. The van der Waals surface area contributed by atoms with Crippen molar-refractivity contribution in [1.29, 1.82) is 0 Å². The van der Waals surface area contributed by atoms with E-state index < -0.39 is 6.67 Å². The molecule has 16 heavy (non-hydrogen) atoms. The van der Waals surface area contributed by atoms with Gasteiger partial charge in [0.05, 0.1) is 6.54 Å². The second kappa shape index (κ2) is 4.70. The average Bonchev–Trinajstić information content (AvgIpc) is 2.62. The standard InChI is InChI=1S/C12H12BrFN2/c13-11-3-1-9(2-4-11)10-7-12(15)16(8-10)6-5-14/h1-4,7-8H,5-6,15H2. The molecular weight excluding hydrogens is 271 g/mol. The Morgan fingerprint density at radius 1 is 1.19 bits per heavy atom. The minimum atomic E-state index is -0.404. The van der Waals surface area contributed by atoms with E-state index in [2.05, 4.69) is 15.9 Å². The number of halogens is 2. The van der Waals surface area contributed by atoms with Crippen LogP contribution in [0.25, 0.3) is 11.1 Å². The first-order valence-electron chi connectivity index (χ1n) is 4.98. The Balaban J connectivity index is 2.33. The Morgan fingerprint density at radius 3 is 2.50 bits per heavy atom. The van der Waals surface area contributed by atoms with E-state index in [-0.39, 0.29) is 0 Å². The zero-order valence-electron chi connectivity index (χ0n) is 8.66. The predicted octanol–water partition coefficient (Wildman–Crippen LogP) is 3.47. The van der Waals surface area contributed by atoms with E-state index in [4.69, 9.17) is 5.73 Å². The van der Waals surface area contributed by atoms with Gasteiger partial charge in [-0.2, -0.15) is 0 Å². The van der Waals surface area contributed by atoms with E-state index in [0.29, 0.717) is 12.4 Å². The summed E-state index contributed by atoms with van der Waals surface area (Å²) in [5.41, 5.74) is 7.87. The molecule has 0 atom stereocenters. The minimum absolute atomic E-state index is 0.308. The summed E-state index contributed by atoms with van der Waals surface area (Å²) in [7, 11) is 0. The number of aryl methyl sites for hydroxylation is 1.